The zero-order chi connectivity index (χ0) is 22.0. The average Bonchev–Trinajstić information content (AvgIpc) is 3.05. The summed E-state index contributed by atoms with van der Waals surface area (Å²) in [4.78, 5) is 16.6. The highest BCUT2D eigenvalue weighted by molar-refractivity contribution is 5.80. The van der Waals surface area contributed by atoms with E-state index < -0.39 is 17.8 Å². The minimum absolute atomic E-state index is 0.0698. The van der Waals surface area contributed by atoms with Gasteiger partial charge in [-0.1, -0.05) is 24.3 Å². The maximum absolute atomic E-state index is 13.4. The molecule has 158 valence electrons. The van der Waals surface area contributed by atoms with Gasteiger partial charge in [-0.05, 0) is 47.5 Å². The lowest BCUT2D eigenvalue weighted by Crippen LogP contribution is -2.17. The fraction of sp³-hybridized carbons (Fsp3) is 0.0909. The van der Waals surface area contributed by atoms with Gasteiger partial charge in [-0.25, -0.2) is 13.9 Å². The third-order valence-electron chi connectivity index (χ3n) is 4.45. The summed E-state index contributed by atoms with van der Waals surface area (Å²) in [6.45, 7) is 0.0698. The van der Waals surface area contributed by atoms with Crippen LogP contribution in [-0.2, 0) is 6.54 Å². The molecule has 2 heterocycles. The lowest BCUT2D eigenvalue weighted by Gasteiger charge is -2.11. The van der Waals surface area contributed by atoms with E-state index in [1.54, 1.807) is 24.5 Å². The summed E-state index contributed by atoms with van der Waals surface area (Å²) in [6, 6.07) is 14.0. The number of halogens is 4. The highest BCUT2D eigenvalue weighted by Gasteiger charge is 2.31. The third kappa shape index (κ3) is 4.66. The van der Waals surface area contributed by atoms with Crippen LogP contribution in [0.1, 0.15) is 5.56 Å². The fourth-order valence-electron chi connectivity index (χ4n) is 3.16. The highest BCUT2D eigenvalue weighted by atomic mass is 19.4. The quantitative estimate of drug-likeness (QED) is 0.406. The average molecular weight is 430 g/mol. The van der Waals surface area contributed by atoms with Crippen molar-refractivity contribution in [3.05, 3.63) is 94.9 Å². The van der Waals surface area contributed by atoms with Gasteiger partial charge in [-0.2, -0.15) is 0 Å². The molecule has 0 saturated carbocycles. The molecule has 2 aromatic heterocycles. The largest absolute Gasteiger partial charge is 0.573 e. The summed E-state index contributed by atoms with van der Waals surface area (Å²) in [6.07, 6.45) is -1.68. The van der Waals surface area contributed by atoms with E-state index in [9.17, 15) is 22.4 Å². The minimum atomic E-state index is -4.78. The molecule has 0 aliphatic heterocycles. The highest BCUT2D eigenvalue weighted by Crippen LogP contribution is 2.31. The molecule has 0 radical (unpaired) electrons. The summed E-state index contributed by atoms with van der Waals surface area (Å²) >= 11 is 0. The molecule has 0 aliphatic carbocycles. The maximum atomic E-state index is 13.4. The molecule has 0 fully saturated rings. The number of aromatic nitrogens is 2. The SMILES string of the molecule is O=c1on(Cc2ccc(OC(F)(F)F)cc2)c(-c2ccncc2)c1-c1ccc(F)cc1. The van der Waals surface area contributed by atoms with Crippen molar-refractivity contribution < 1.29 is 26.8 Å². The van der Waals surface area contributed by atoms with Crippen molar-refractivity contribution in [2.45, 2.75) is 12.9 Å². The molecule has 5 nitrogen and oxygen atoms in total. The molecule has 0 atom stereocenters. The second kappa shape index (κ2) is 8.10. The number of hydrogen-bond acceptors (Lipinski definition) is 4. The second-order valence-corrected chi connectivity index (χ2v) is 6.57. The van der Waals surface area contributed by atoms with Crippen LogP contribution in [0.3, 0.4) is 0 Å². The van der Waals surface area contributed by atoms with E-state index >= 15 is 0 Å². The van der Waals surface area contributed by atoms with E-state index in [-0.39, 0.29) is 17.9 Å². The van der Waals surface area contributed by atoms with E-state index in [0.717, 1.165) is 0 Å². The predicted octanol–water partition coefficient (Wildman–Crippen LogP) is 5.26. The van der Waals surface area contributed by atoms with Crippen LogP contribution in [0.4, 0.5) is 17.6 Å². The van der Waals surface area contributed by atoms with E-state index in [4.69, 9.17) is 4.52 Å². The Morgan fingerprint density at radius 2 is 1.55 bits per heavy atom. The van der Waals surface area contributed by atoms with Crippen molar-refractivity contribution >= 4 is 0 Å². The van der Waals surface area contributed by atoms with Gasteiger partial charge >= 0.3 is 12.0 Å². The van der Waals surface area contributed by atoms with Crippen molar-refractivity contribution in [3.63, 3.8) is 0 Å². The zero-order valence-electron chi connectivity index (χ0n) is 15.8. The van der Waals surface area contributed by atoms with Gasteiger partial charge in [0.2, 0.25) is 0 Å². The van der Waals surface area contributed by atoms with Gasteiger partial charge in [-0.15, -0.1) is 13.2 Å². The first kappa shape index (κ1) is 20.4. The summed E-state index contributed by atoms with van der Waals surface area (Å²) in [5.74, 6) is -0.800. The summed E-state index contributed by atoms with van der Waals surface area (Å²) in [5.41, 5.74) is 1.73. The fourth-order valence-corrected chi connectivity index (χ4v) is 3.16. The molecule has 4 aromatic rings. The topological polar surface area (TPSA) is 57.3 Å². The Kier molecular flexibility index (Phi) is 5.33. The van der Waals surface area contributed by atoms with E-state index in [1.165, 1.54) is 53.3 Å². The first-order chi connectivity index (χ1) is 14.8. The lowest BCUT2D eigenvalue weighted by molar-refractivity contribution is -0.274. The molecule has 0 spiro atoms. The molecular weight excluding hydrogens is 416 g/mol. The van der Waals surface area contributed by atoms with Crippen LogP contribution in [0.25, 0.3) is 22.4 Å². The number of rotatable bonds is 5. The Bertz CT molecular complexity index is 1230. The predicted molar refractivity (Wildman–Crippen MR) is 104 cm³/mol. The van der Waals surface area contributed by atoms with Gasteiger partial charge in [0, 0.05) is 18.0 Å². The molecule has 9 heteroatoms. The monoisotopic (exact) mass is 430 g/mol. The first-order valence-corrected chi connectivity index (χ1v) is 9.05. The Morgan fingerprint density at radius 3 is 2.16 bits per heavy atom. The van der Waals surface area contributed by atoms with Crippen molar-refractivity contribution in [2.75, 3.05) is 0 Å². The molecule has 0 amide bonds. The molecule has 31 heavy (non-hydrogen) atoms. The molecule has 0 bridgehead atoms. The Hall–Kier alpha value is -3.88. The van der Waals surface area contributed by atoms with Crippen molar-refractivity contribution in [3.8, 4) is 28.1 Å². The zero-order valence-corrected chi connectivity index (χ0v) is 15.8. The van der Waals surface area contributed by atoms with Gasteiger partial charge in [0.1, 0.15) is 11.6 Å². The van der Waals surface area contributed by atoms with Crippen LogP contribution in [0.2, 0.25) is 0 Å². The number of alkyl halides is 3. The number of pyridine rings is 1. The third-order valence-corrected chi connectivity index (χ3v) is 4.45. The number of benzene rings is 2. The van der Waals surface area contributed by atoms with Gasteiger partial charge < -0.3 is 9.26 Å². The molecule has 4 rings (SSSR count). The van der Waals surface area contributed by atoms with Crippen LogP contribution in [0.15, 0.2) is 82.4 Å². The second-order valence-electron chi connectivity index (χ2n) is 6.57. The van der Waals surface area contributed by atoms with Crippen LogP contribution in [-0.4, -0.2) is 16.1 Å². The molecule has 0 aliphatic rings. The Morgan fingerprint density at radius 1 is 0.903 bits per heavy atom. The Balaban J connectivity index is 1.75. The molecule has 0 saturated heterocycles. The number of hydrogen-bond donors (Lipinski definition) is 0. The van der Waals surface area contributed by atoms with E-state index in [2.05, 4.69) is 9.72 Å². The van der Waals surface area contributed by atoms with Crippen LogP contribution in [0.5, 0.6) is 5.75 Å². The van der Waals surface area contributed by atoms with Crippen molar-refractivity contribution in [1.29, 1.82) is 0 Å². The van der Waals surface area contributed by atoms with Gasteiger partial charge in [-0.3, -0.25) is 4.98 Å². The Labute approximate surface area is 173 Å². The summed E-state index contributed by atoms with van der Waals surface area (Å²) in [5, 5.41) is 0. The van der Waals surface area contributed by atoms with Crippen LogP contribution >= 0.6 is 0 Å². The van der Waals surface area contributed by atoms with E-state index in [1.807, 2.05) is 0 Å². The molecule has 2 aromatic carbocycles. The summed E-state index contributed by atoms with van der Waals surface area (Å²) in [7, 11) is 0. The van der Waals surface area contributed by atoms with Gasteiger partial charge in [0.05, 0.1) is 17.8 Å². The summed E-state index contributed by atoms with van der Waals surface area (Å²) < 4.78 is 61.1. The molecule has 0 N–H and O–H groups in total. The smallest absolute Gasteiger partial charge is 0.406 e. The van der Waals surface area contributed by atoms with Gasteiger partial charge in [0.15, 0.2) is 0 Å². The molecular formula is C22H14F4N2O3. The van der Waals surface area contributed by atoms with Crippen molar-refractivity contribution in [1.82, 2.24) is 9.72 Å². The maximum Gasteiger partial charge on any atom is 0.573 e. The minimum Gasteiger partial charge on any atom is -0.406 e. The van der Waals surface area contributed by atoms with Crippen LogP contribution in [0, 0.1) is 5.82 Å². The number of ether oxygens (including phenoxy) is 1. The van der Waals surface area contributed by atoms with Gasteiger partial charge in [0.25, 0.3) is 0 Å². The number of nitrogens with zero attached hydrogens (tertiary/aromatic N) is 2. The van der Waals surface area contributed by atoms with Crippen molar-refractivity contribution in [2.24, 2.45) is 0 Å². The lowest BCUT2D eigenvalue weighted by atomic mass is 10.0. The first-order valence-electron chi connectivity index (χ1n) is 9.05. The van der Waals surface area contributed by atoms with E-state index in [0.29, 0.717) is 22.4 Å². The standard InChI is InChI=1S/C22H14F4N2O3/c23-17-5-3-15(4-6-17)19-20(16-9-11-27-12-10-16)28(31-21(19)29)13-14-1-7-18(8-2-14)30-22(24,25)26/h1-12H,13H2. The van der Waals surface area contributed by atoms with Crippen LogP contribution < -0.4 is 10.4 Å². The molecule has 0 unspecified atom stereocenters. The normalized spacial score (nSPS) is 11.5.